The molecule has 2 N–H and O–H groups in total. The fraction of sp³-hybridized carbons (Fsp3) is 0.471. The highest BCUT2D eigenvalue weighted by atomic mass is 79.9. The van der Waals surface area contributed by atoms with Gasteiger partial charge in [0.25, 0.3) is 0 Å². The van der Waals surface area contributed by atoms with Crippen LogP contribution in [0.15, 0.2) is 28.9 Å². The number of anilines is 1. The van der Waals surface area contributed by atoms with Crippen LogP contribution in [0, 0.1) is 22.0 Å². The molecule has 2 fully saturated rings. The quantitative estimate of drug-likeness (QED) is 0.626. The predicted molar refractivity (Wildman–Crippen MR) is 97.1 cm³/mol. The molecule has 0 spiro atoms. The Balaban J connectivity index is 1.84. The molecule has 0 bridgehead atoms. The summed E-state index contributed by atoms with van der Waals surface area (Å²) < 4.78 is 0.895. The van der Waals surface area contributed by atoms with Crippen LogP contribution >= 0.6 is 15.9 Å². The standard InChI is InChI=1S/C17H19BrN4O2/c18-11-4-5-15-12(6-11)17(16(7-20-15)22(23)24)21-8-10-2-1-3-14(19)13(10)9-21/h4-7,10,13-14H,1-3,8-9,19H2. The molecule has 1 aliphatic heterocycles. The lowest BCUT2D eigenvalue weighted by Crippen LogP contribution is -2.38. The third-order valence-corrected chi connectivity index (χ3v) is 5.94. The first-order chi connectivity index (χ1) is 11.5. The van der Waals surface area contributed by atoms with E-state index in [1.807, 2.05) is 18.2 Å². The van der Waals surface area contributed by atoms with Crippen molar-refractivity contribution in [1.82, 2.24) is 4.98 Å². The van der Waals surface area contributed by atoms with E-state index in [9.17, 15) is 10.1 Å². The van der Waals surface area contributed by atoms with Crippen LogP contribution in [-0.4, -0.2) is 29.0 Å². The number of rotatable bonds is 2. The summed E-state index contributed by atoms with van der Waals surface area (Å²) in [6.07, 6.45) is 4.75. The normalized spacial score (nSPS) is 26.6. The Kier molecular flexibility index (Phi) is 3.92. The summed E-state index contributed by atoms with van der Waals surface area (Å²) in [7, 11) is 0. The molecule has 1 aliphatic carbocycles. The van der Waals surface area contributed by atoms with Gasteiger partial charge < -0.3 is 10.6 Å². The molecule has 2 aliphatic rings. The van der Waals surface area contributed by atoms with Gasteiger partial charge in [0.05, 0.1) is 10.4 Å². The van der Waals surface area contributed by atoms with Gasteiger partial charge in [-0.25, -0.2) is 4.98 Å². The average Bonchev–Trinajstić information content (AvgIpc) is 2.98. The van der Waals surface area contributed by atoms with Gasteiger partial charge in [-0.15, -0.1) is 0 Å². The van der Waals surface area contributed by atoms with Crippen LogP contribution in [0.5, 0.6) is 0 Å². The minimum Gasteiger partial charge on any atom is -0.365 e. The molecule has 126 valence electrons. The lowest BCUT2D eigenvalue weighted by Gasteiger charge is -2.29. The lowest BCUT2D eigenvalue weighted by molar-refractivity contribution is -0.384. The second-order valence-electron chi connectivity index (χ2n) is 6.83. The van der Waals surface area contributed by atoms with E-state index in [1.54, 1.807) is 0 Å². The molecule has 3 unspecified atom stereocenters. The summed E-state index contributed by atoms with van der Waals surface area (Å²) in [6.45, 7) is 1.63. The Morgan fingerprint density at radius 2 is 2.17 bits per heavy atom. The zero-order valence-corrected chi connectivity index (χ0v) is 14.8. The van der Waals surface area contributed by atoms with Crippen LogP contribution in [-0.2, 0) is 0 Å². The third-order valence-electron chi connectivity index (χ3n) is 5.45. The van der Waals surface area contributed by atoms with Gasteiger partial charge in [0.1, 0.15) is 11.9 Å². The first-order valence-electron chi connectivity index (χ1n) is 8.28. The molecule has 4 rings (SSSR count). The van der Waals surface area contributed by atoms with Gasteiger partial charge in [-0.1, -0.05) is 22.4 Å². The van der Waals surface area contributed by atoms with Gasteiger partial charge in [-0.2, -0.15) is 0 Å². The highest BCUT2D eigenvalue weighted by Crippen LogP contribution is 2.43. The van der Waals surface area contributed by atoms with Crippen molar-refractivity contribution in [2.45, 2.75) is 25.3 Å². The number of nitrogens with zero attached hydrogens (tertiary/aromatic N) is 3. The molecule has 7 heteroatoms. The largest absolute Gasteiger partial charge is 0.365 e. The molecule has 1 aromatic carbocycles. The van der Waals surface area contributed by atoms with E-state index in [-0.39, 0.29) is 16.7 Å². The minimum atomic E-state index is -0.329. The van der Waals surface area contributed by atoms with E-state index in [0.717, 1.165) is 47.7 Å². The maximum atomic E-state index is 11.6. The smallest absolute Gasteiger partial charge is 0.311 e. The van der Waals surface area contributed by atoms with Gasteiger partial charge in [0.2, 0.25) is 0 Å². The Hall–Kier alpha value is -1.73. The van der Waals surface area contributed by atoms with Crippen LogP contribution in [0.4, 0.5) is 11.4 Å². The Morgan fingerprint density at radius 1 is 1.33 bits per heavy atom. The maximum absolute atomic E-state index is 11.6. The number of hydrogen-bond donors (Lipinski definition) is 1. The van der Waals surface area contributed by atoms with Crippen LogP contribution in [0.3, 0.4) is 0 Å². The second-order valence-corrected chi connectivity index (χ2v) is 7.75. The number of fused-ring (bicyclic) bond motifs is 2. The van der Waals surface area contributed by atoms with Crippen LogP contribution in [0.2, 0.25) is 0 Å². The van der Waals surface area contributed by atoms with Crippen LogP contribution in [0.1, 0.15) is 19.3 Å². The fourth-order valence-electron chi connectivity index (χ4n) is 4.31. The second kappa shape index (κ2) is 5.97. The fourth-order valence-corrected chi connectivity index (χ4v) is 4.67. The number of benzene rings is 1. The molecule has 6 nitrogen and oxygen atoms in total. The van der Waals surface area contributed by atoms with Crippen molar-refractivity contribution in [3.63, 3.8) is 0 Å². The summed E-state index contributed by atoms with van der Waals surface area (Å²) in [5.41, 5.74) is 7.85. The summed E-state index contributed by atoms with van der Waals surface area (Å²) in [5, 5.41) is 12.4. The molecule has 2 aromatic rings. The van der Waals surface area contributed by atoms with Gasteiger partial charge in [0.15, 0.2) is 0 Å². The number of nitro groups is 1. The zero-order valence-electron chi connectivity index (χ0n) is 13.2. The van der Waals surface area contributed by atoms with Crippen molar-refractivity contribution in [2.24, 2.45) is 17.6 Å². The van der Waals surface area contributed by atoms with Crippen molar-refractivity contribution < 1.29 is 4.92 Å². The first-order valence-corrected chi connectivity index (χ1v) is 9.07. The van der Waals surface area contributed by atoms with Crippen LogP contribution < -0.4 is 10.6 Å². The third kappa shape index (κ3) is 2.56. The number of aromatic nitrogens is 1. The van der Waals surface area contributed by atoms with E-state index >= 15 is 0 Å². The maximum Gasteiger partial charge on any atom is 0.311 e. The van der Waals surface area contributed by atoms with Gasteiger partial charge in [-0.3, -0.25) is 10.1 Å². The molecule has 3 atom stereocenters. The molecule has 1 saturated carbocycles. The number of pyridine rings is 1. The molecule has 0 radical (unpaired) electrons. The summed E-state index contributed by atoms with van der Waals surface area (Å²) in [6, 6.07) is 5.92. The van der Waals surface area contributed by atoms with Crippen molar-refractivity contribution in [1.29, 1.82) is 0 Å². The van der Waals surface area contributed by atoms with Gasteiger partial charge in [0, 0.05) is 29.0 Å². The lowest BCUT2D eigenvalue weighted by atomic mass is 9.78. The highest BCUT2D eigenvalue weighted by Gasteiger charge is 2.41. The summed E-state index contributed by atoms with van der Waals surface area (Å²) in [4.78, 5) is 17.7. The van der Waals surface area contributed by atoms with Gasteiger partial charge >= 0.3 is 5.69 Å². The average molecular weight is 391 g/mol. The topological polar surface area (TPSA) is 85.3 Å². The highest BCUT2D eigenvalue weighted by molar-refractivity contribution is 9.10. The van der Waals surface area contributed by atoms with E-state index in [2.05, 4.69) is 25.8 Å². The van der Waals surface area contributed by atoms with Crippen molar-refractivity contribution >= 4 is 38.2 Å². The van der Waals surface area contributed by atoms with E-state index in [0.29, 0.717) is 17.5 Å². The first kappa shape index (κ1) is 15.8. The molecular weight excluding hydrogens is 372 g/mol. The molecule has 0 amide bonds. The van der Waals surface area contributed by atoms with Crippen molar-refractivity contribution in [3.05, 3.63) is 39.0 Å². The molecule has 24 heavy (non-hydrogen) atoms. The van der Waals surface area contributed by atoms with E-state index in [1.165, 1.54) is 6.20 Å². The molecule has 1 saturated heterocycles. The van der Waals surface area contributed by atoms with E-state index < -0.39 is 0 Å². The SMILES string of the molecule is NC1CCCC2CN(c3c([N+](=O)[O-])cnc4ccc(Br)cc34)CC12. The summed E-state index contributed by atoms with van der Waals surface area (Å²) in [5.74, 6) is 0.956. The minimum absolute atomic E-state index is 0.0767. The molecule has 2 heterocycles. The molecular formula is C17H19BrN4O2. The number of nitrogens with two attached hydrogens (primary N) is 1. The van der Waals surface area contributed by atoms with Crippen molar-refractivity contribution in [3.8, 4) is 0 Å². The predicted octanol–water partition coefficient (Wildman–Crippen LogP) is 3.47. The molecule has 1 aromatic heterocycles. The Bertz CT molecular complexity index is 813. The Morgan fingerprint density at radius 3 is 2.92 bits per heavy atom. The van der Waals surface area contributed by atoms with E-state index in [4.69, 9.17) is 5.73 Å². The van der Waals surface area contributed by atoms with Crippen LogP contribution in [0.25, 0.3) is 10.9 Å². The summed E-state index contributed by atoms with van der Waals surface area (Å²) >= 11 is 3.47. The zero-order chi connectivity index (χ0) is 16.8. The Labute approximate surface area is 148 Å². The number of hydrogen-bond acceptors (Lipinski definition) is 5. The number of halogens is 1. The van der Waals surface area contributed by atoms with Crippen molar-refractivity contribution in [2.75, 3.05) is 18.0 Å². The monoisotopic (exact) mass is 390 g/mol. The van der Waals surface area contributed by atoms with Gasteiger partial charge in [-0.05, 0) is 42.9 Å².